The zero-order valence-corrected chi connectivity index (χ0v) is 12.5. The van der Waals surface area contributed by atoms with E-state index in [1.54, 1.807) is 16.8 Å². The van der Waals surface area contributed by atoms with E-state index >= 15 is 0 Å². The van der Waals surface area contributed by atoms with Crippen LogP contribution in [0.3, 0.4) is 0 Å². The molecular weight excluding hydrogens is 276 g/mol. The number of aryl methyl sites for hydroxylation is 2. The molecule has 20 heavy (non-hydrogen) atoms. The van der Waals surface area contributed by atoms with Gasteiger partial charge in [0.15, 0.2) is 0 Å². The summed E-state index contributed by atoms with van der Waals surface area (Å²) in [5.74, 6) is 0. The molecule has 0 aliphatic carbocycles. The van der Waals surface area contributed by atoms with Gasteiger partial charge >= 0.3 is 0 Å². The van der Waals surface area contributed by atoms with Crippen LogP contribution >= 0.6 is 0 Å². The highest BCUT2D eigenvalue weighted by Crippen LogP contribution is 2.22. The first kappa shape index (κ1) is 14.5. The van der Waals surface area contributed by atoms with Gasteiger partial charge in [-0.1, -0.05) is 12.1 Å². The Balaban J connectivity index is 2.26. The van der Waals surface area contributed by atoms with Crippen LogP contribution in [-0.2, 0) is 17.1 Å². The van der Waals surface area contributed by atoms with E-state index in [1.165, 1.54) is 6.07 Å². The monoisotopic (exact) mass is 294 g/mol. The number of nitrogens with two attached hydrogens (primary N) is 1. The first-order valence-electron chi connectivity index (χ1n) is 6.17. The van der Waals surface area contributed by atoms with Crippen molar-refractivity contribution in [2.75, 3.05) is 5.32 Å². The number of nitrogens with one attached hydrogen (secondary N) is 1. The maximum atomic E-state index is 11.4. The minimum Gasteiger partial charge on any atom is -0.376 e. The molecule has 0 bridgehead atoms. The molecule has 0 aliphatic heterocycles. The molecule has 0 saturated carbocycles. The van der Waals surface area contributed by atoms with Gasteiger partial charge in [0.2, 0.25) is 10.0 Å². The number of hydrogen-bond donors (Lipinski definition) is 2. The van der Waals surface area contributed by atoms with E-state index in [2.05, 4.69) is 10.4 Å². The number of sulfonamides is 1. The van der Waals surface area contributed by atoms with Crippen LogP contribution in [-0.4, -0.2) is 18.2 Å². The standard InChI is InChI=1S/C13H18N4O2S/c1-9(15-13-8-17(3)16-10(13)2)11-5-4-6-12(7-11)20(14,18)19/h4-9,15H,1-3H3,(H2,14,18,19). The van der Waals surface area contributed by atoms with E-state index in [4.69, 9.17) is 5.14 Å². The Morgan fingerprint density at radius 2 is 2.10 bits per heavy atom. The summed E-state index contributed by atoms with van der Waals surface area (Å²) >= 11 is 0. The van der Waals surface area contributed by atoms with Gasteiger partial charge in [0.25, 0.3) is 0 Å². The molecule has 6 nitrogen and oxygen atoms in total. The zero-order chi connectivity index (χ0) is 14.9. The molecule has 1 aromatic carbocycles. The molecule has 3 N–H and O–H groups in total. The van der Waals surface area contributed by atoms with Crippen LogP contribution in [0.15, 0.2) is 35.4 Å². The van der Waals surface area contributed by atoms with Crippen molar-refractivity contribution in [3.05, 3.63) is 41.7 Å². The predicted octanol–water partition coefficient (Wildman–Crippen LogP) is 1.55. The van der Waals surface area contributed by atoms with Crippen molar-refractivity contribution in [2.24, 2.45) is 12.2 Å². The lowest BCUT2D eigenvalue weighted by molar-refractivity contribution is 0.597. The Kier molecular flexibility index (Phi) is 3.82. The van der Waals surface area contributed by atoms with Gasteiger partial charge in [0.1, 0.15) is 0 Å². The fourth-order valence-corrected chi connectivity index (χ4v) is 2.59. The summed E-state index contributed by atoms with van der Waals surface area (Å²) in [6.07, 6.45) is 1.88. The largest absolute Gasteiger partial charge is 0.376 e. The molecule has 2 aromatic rings. The molecule has 1 heterocycles. The summed E-state index contributed by atoms with van der Waals surface area (Å²) < 4.78 is 24.5. The summed E-state index contributed by atoms with van der Waals surface area (Å²) in [7, 11) is -1.83. The average molecular weight is 294 g/mol. The summed E-state index contributed by atoms with van der Waals surface area (Å²) in [6, 6.07) is 6.56. The van der Waals surface area contributed by atoms with Crippen LogP contribution in [0.5, 0.6) is 0 Å². The fraction of sp³-hybridized carbons (Fsp3) is 0.308. The highest BCUT2D eigenvalue weighted by molar-refractivity contribution is 7.89. The molecule has 2 rings (SSSR count). The van der Waals surface area contributed by atoms with Crippen LogP contribution in [0.2, 0.25) is 0 Å². The Morgan fingerprint density at radius 1 is 1.40 bits per heavy atom. The summed E-state index contributed by atoms with van der Waals surface area (Å²) in [5, 5.41) is 12.7. The zero-order valence-electron chi connectivity index (χ0n) is 11.7. The Labute approximate surface area is 118 Å². The molecule has 108 valence electrons. The SMILES string of the molecule is Cc1nn(C)cc1NC(C)c1cccc(S(N)(=O)=O)c1. The van der Waals surface area contributed by atoms with Crippen molar-refractivity contribution >= 4 is 15.7 Å². The van der Waals surface area contributed by atoms with Crippen LogP contribution in [0.25, 0.3) is 0 Å². The maximum Gasteiger partial charge on any atom is 0.238 e. The lowest BCUT2D eigenvalue weighted by Crippen LogP contribution is -2.13. The number of benzene rings is 1. The van der Waals surface area contributed by atoms with Gasteiger partial charge in [0, 0.05) is 19.3 Å². The number of aromatic nitrogens is 2. The highest BCUT2D eigenvalue weighted by atomic mass is 32.2. The van der Waals surface area contributed by atoms with E-state index in [9.17, 15) is 8.42 Å². The third-order valence-electron chi connectivity index (χ3n) is 3.07. The lowest BCUT2D eigenvalue weighted by atomic mass is 10.1. The van der Waals surface area contributed by atoms with Crippen molar-refractivity contribution in [1.29, 1.82) is 0 Å². The third-order valence-corrected chi connectivity index (χ3v) is 3.98. The topological polar surface area (TPSA) is 90.0 Å². The first-order valence-corrected chi connectivity index (χ1v) is 7.71. The molecule has 0 aliphatic rings. The lowest BCUT2D eigenvalue weighted by Gasteiger charge is -2.15. The minimum atomic E-state index is -3.68. The van der Waals surface area contributed by atoms with Crippen LogP contribution in [0, 0.1) is 6.92 Å². The van der Waals surface area contributed by atoms with Crippen molar-refractivity contribution in [3.63, 3.8) is 0 Å². The minimum absolute atomic E-state index is 0.0559. The highest BCUT2D eigenvalue weighted by Gasteiger charge is 2.13. The molecular formula is C13H18N4O2S. The van der Waals surface area contributed by atoms with Gasteiger partial charge in [-0.15, -0.1) is 0 Å². The number of hydrogen-bond acceptors (Lipinski definition) is 4. The van der Waals surface area contributed by atoms with Crippen LogP contribution in [0.4, 0.5) is 5.69 Å². The summed E-state index contributed by atoms with van der Waals surface area (Å²) in [6.45, 7) is 3.87. The number of anilines is 1. The van der Waals surface area contributed by atoms with Gasteiger partial charge in [-0.3, -0.25) is 4.68 Å². The van der Waals surface area contributed by atoms with Gasteiger partial charge in [0.05, 0.1) is 16.3 Å². The molecule has 7 heteroatoms. The van der Waals surface area contributed by atoms with Gasteiger partial charge in [-0.2, -0.15) is 5.10 Å². The van der Waals surface area contributed by atoms with E-state index in [1.807, 2.05) is 33.2 Å². The predicted molar refractivity (Wildman–Crippen MR) is 77.8 cm³/mol. The first-order chi connectivity index (χ1) is 9.27. The molecule has 0 saturated heterocycles. The van der Waals surface area contributed by atoms with Gasteiger partial charge in [-0.25, -0.2) is 13.6 Å². The van der Waals surface area contributed by atoms with Crippen LogP contribution < -0.4 is 10.5 Å². The summed E-state index contributed by atoms with van der Waals surface area (Å²) in [5.41, 5.74) is 2.66. The molecule has 0 radical (unpaired) electrons. The second-order valence-electron chi connectivity index (χ2n) is 4.79. The molecule has 0 spiro atoms. The molecule has 0 amide bonds. The van der Waals surface area contributed by atoms with E-state index in [0.717, 1.165) is 16.9 Å². The quantitative estimate of drug-likeness (QED) is 0.895. The fourth-order valence-electron chi connectivity index (χ4n) is 2.02. The molecule has 1 aromatic heterocycles. The third kappa shape index (κ3) is 3.17. The van der Waals surface area contributed by atoms with E-state index in [-0.39, 0.29) is 10.9 Å². The van der Waals surface area contributed by atoms with Crippen molar-refractivity contribution in [3.8, 4) is 0 Å². The number of primary sulfonamides is 1. The Morgan fingerprint density at radius 3 is 2.65 bits per heavy atom. The Hall–Kier alpha value is -1.86. The molecule has 0 fully saturated rings. The van der Waals surface area contributed by atoms with Gasteiger partial charge < -0.3 is 5.32 Å². The van der Waals surface area contributed by atoms with Crippen LogP contribution in [0.1, 0.15) is 24.2 Å². The molecule has 1 atom stereocenters. The second kappa shape index (κ2) is 5.26. The van der Waals surface area contributed by atoms with Crippen molar-refractivity contribution in [1.82, 2.24) is 9.78 Å². The second-order valence-corrected chi connectivity index (χ2v) is 6.35. The van der Waals surface area contributed by atoms with Gasteiger partial charge in [-0.05, 0) is 31.5 Å². The maximum absolute atomic E-state index is 11.4. The van der Waals surface area contributed by atoms with E-state index < -0.39 is 10.0 Å². The smallest absolute Gasteiger partial charge is 0.238 e. The Bertz CT molecular complexity index is 722. The normalized spacial score (nSPS) is 13.2. The average Bonchev–Trinajstić information content (AvgIpc) is 2.67. The van der Waals surface area contributed by atoms with E-state index in [0.29, 0.717) is 0 Å². The van der Waals surface area contributed by atoms with Crippen molar-refractivity contribution in [2.45, 2.75) is 24.8 Å². The number of nitrogens with zero attached hydrogens (tertiary/aromatic N) is 2. The van der Waals surface area contributed by atoms with Crippen molar-refractivity contribution < 1.29 is 8.42 Å². The summed E-state index contributed by atoms with van der Waals surface area (Å²) in [4.78, 5) is 0.117. The molecule has 1 unspecified atom stereocenters. The number of rotatable bonds is 4.